The summed E-state index contributed by atoms with van der Waals surface area (Å²) in [6, 6.07) is 3.52. The average molecular weight is 250 g/mol. The summed E-state index contributed by atoms with van der Waals surface area (Å²) < 4.78 is 0. The molecule has 1 saturated heterocycles. The maximum absolute atomic E-state index is 9.73. The van der Waals surface area contributed by atoms with E-state index < -0.39 is 0 Å². The second-order valence-corrected chi connectivity index (χ2v) is 4.64. The molecule has 0 aliphatic carbocycles. The van der Waals surface area contributed by atoms with Crippen LogP contribution in [0.1, 0.15) is 18.9 Å². The fourth-order valence-corrected chi connectivity index (χ4v) is 2.23. The van der Waals surface area contributed by atoms with E-state index >= 15 is 0 Å². The molecule has 1 aromatic heterocycles. The van der Waals surface area contributed by atoms with Crippen LogP contribution in [-0.4, -0.2) is 40.3 Å². The molecule has 2 atom stereocenters. The van der Waals surface area contributed by atoms with Crippen molar-refractivity contribution in [2.24, 2.45) is 16.8 Å². The molecule has 2 unspecified atom stereocenters. The number of aromatic nitrogens is 1. The molecule has 2 heterocycles. The standard InChI is InChI=1S/C12H18N4O2/c1-8-7-16(6-4-10(8)17)12-9(11(13)15-18)3-2-5-14-12/h2-3,5,8,10,17-18H,4,6-7H2,1H3,(H2,13,15). The van der Waals surface area contributed by atoms with Gasteiger partial charge in [0.25, 0.3) is 0 Å². The maximum Gasteiger partial charge on any atom is 0.173 e. The second kappa shape index (κ2) is 5.22. The van der Waals surface area contributed by atoms with Gasteiger partial charge in [-0.05, 0) is 24.5 Å². The van der Waals surface area contributed by atoms with Gasteiger partial charge in [-0.25, -0.2) is 4.98 Å². The smallest absolute Gasteiger partial charge is 0.173 e. The molecule has 0 radical (unpaired) electrons. The van der Waals surface area contributed by atoms with Gasteiger partial charge in [0.2, 0.25) is 0 Å². The second-order valence-electron chi connectivity index (χ2n) is 4.64. The molecule has 0 saturated carbocycles. The van der Waals surface area contributed by atoms with Crippen LogP contribution in [0, 0.1) is 5.92 Å². The van der Waals surface area contributed by atoms with E-state index in [1.807, 2.05) is 6.92 Å². The first-order valence-electron chi connectivity index (χ1n) is 5.99. The maximum atomic E-state index is 9.73. The molecule has 6 heteroatoms. The van der Waals surface area contributed by atoms with Crippen molar-refractivity contribution in [3.8, 4) is 0 Å². The normalized spacial score (nSPS) is 25.2. The summed E-state index contributed by atoms with van der Waals surface area (Å²) in [7, 11) is 0. The number of anilines is 1. The highest BCUT2D eigenvalue weighted by Crippen LogP contribution is 2.24. The Labute approximate surface area is 106 Å². The number of pyridine rings is 1. The van der Waals surface area contributed by atoms with Crippen LogP contribution in [0.15, 0.2) is 23.5 Å². The van der Waals surface area contributed by atoms with E-state index in [0.717, 1.165) is 0 Å². The number of hydrogen-bond acceptors (Lipinski definition) is 5. The van der Waals surface area contributed by atoms with Crippen LogP contribution in [0.25, 0.3) is 0 Å². The number of nitrogens with zero attached hydrogens (tertiary/aromatic N) is 3. The van der Waals surface area contributed by atoms with Gasteiger partial charge in [-0.2, -0.15) is 0 Å². The van der Waals surface area contributed by atoms with Crippen LogP contribution < -0.4 is 10.6 Å². The minimum Gasteiger partial charge on any atom is -0.409 e. The Kier molecular flexibility index (Phi) is 3.66. The largest absolute Gasteiger partial charge is 0.409 e. The number of aliphatic hydroxyl groups excluding tert-OH is 1. The van der Waals surface area contributed by atoms with E-state index in [9.17, 15) is 5.11 Å². The van der Waals surface area contributed by atoms with Crippen LogP contribution in [-0.2, 0) is 0 Å². The van der Waals surface area contributed by atoms with Crippen LogP contribution in [0.2, 0.25) is 0 Å². The molecule has 0 spiro atoms. The van der Waals surface area contributed by atoms with E-state index in [-0.39, 0.29) is 17.9 Å². The molecule has 2 rings (SSSR count). The number of rotatable bonds is 2. The van der Waals surface area contributed by atoms with Crippen LogP contribution in [0.5, 0.6) is 0 Å². The third-order valence-electron chi connectivity index (χ3n) is 3.33. The summed E-state index contributed by atoms with van der Waals surface area (Å²) in [5.74, 6) is 0.935. The molecule has 1 fully saturated rings. The lowest BCUT2D eigenvalue weighted by molar-refractivity contribution is 0.0969. The van der Waals surface area contributed by atoms with Crippen molar-refractivity contribution in [1.82, 2.24) is 4.98 Å². The SMILES string of the molecule is CC1CN(c2ncccc2/C(N)=N/O)CCC1O. The molecule has 98 valence electrons. The molecule has 1 aliphatic heterocycles. The van der Waals surface area contributed by atoms with Gasteiger partial charge in [0, 0.05) is 19.3 Å². The molecule has 18 heavy (non-hydrogen) atoms. The zero-order valence-corrected chi connectivity index (χ0v) is 10.3. The highest BCUT2D eigenvalue weighted by molar-refractivity contribution is 6.01. The fraction of sp³-hybridized carbons (Fsp3) is 0.500. The summed E-state index contributed by atoms with van der Waals surface area (Å²) in [5.41, 5.74) is 6.26. The van der Waals surface area contributed by atoms with Crippen LogP contribution in [0.3, 0.4) is 0 Å². The Morgan fingerprint density at radius 2 is 2.39 bits per heavy atom. The van der Waals surface area contributed by atoms with Gasteiger partial charge in [0.1, 0.15) is 5.82 Å². The molecule has 0 bridgehead atoms. The molecule has 1 aliphatic rings. The molecule has 1 aromatic rings. The van der Waals surface area contributed by atoms with Crippen molar-refractivity contribution < 1.29 is 10.3 Å². The highest BCUT2D eigenvalue weighted by Gasteiger charge is 2.26. The summed E-state index contributed by atoms with van der Waals surface area (Å²) >= 11 is 0. The fourth-order valence-electron chi connectivity index (χ4n) is 2.23. The Hall–Kier alpha value is -1.82. The summed E-state index contributed by atoms with van der Waals surface area (Å²) in [5, 5.41) is 21.5. The van der Waals surface area contributed by atoms with Crippen LogP contribution >= 0.6 is 0 Å². The minimum atomic E-state index is -0.266. The van der Waals surface area contributed by atoms with Gasteiger partial charge < -0.3 is 20.9 Å². The lowest BCUT2D eigenvalue weighted by Gasteiger charge is -2.35. The lowest BCUT2D eigenvalue weighted by Crippen LogP contribution is -2.43. The Morgan fingerprint density at radius 1 is 1.61 bits per heavy atom. The first kappa shape index (κ1) is 12.6. The van der Waals surface area contributed by atoms with Gasteiger partial charge in [0.15, 0.2) is 5.84 Å². The predicted molar refractivity (Wildman–Crippen MR) is 68.7 cm³/mol. The van der Waals surface area contributed by atoms with Gasteiger partial charge in [-0.1, -0.05) is 12.1 Å². The summed E-state index contributed by atoms with van der Waals surface area (Å²) in [4.78, 5) is 6.36. The average Bonchev–Trinajstić information content (AvgIpc) is 2.41. The number of piperidine rings is 1. The van der Waals surface area contributed by atoms with Crippen molar-refractivity contribution in [3.05, 3.63) is 23.9 Å². The quantitative estimate of drug-likeness (QED) is 0.305. The highest BCUT2D eigenvalue weighted by atomic mass is 16.4. The number of oxime groups is 1. The van der Waals surface area contributed by atoms with Gasteiger partial charge >= 0.3 is 0 Å². The molecular weight excluding hydrogens is 232 g/mol. The summed E-state index contributed by atoms with van der Waals surface area (Å²) in [6.45, 7) is 3.43. The third-order valence-corrected chi connectivity index (χ3v) is 3.33. The molecule has 6 nitrogen and oxygen atoms in total. The number of amidine groups is 1. The van der Waals surface area contributed by atoms with Crippen molar-refractivity contribution in [1.29, 1.82) is 0 Å². The lowest BCUT2D eigenvalue weighted by atomic mass is 9.96. The van der Waals surface area contributed by atoms with Gasteiger partial charge in [-0.3, -0.25) is 0 Å². The number of aliphatic hydroxyl groups is 1. The van der Waals surface area contributed by atoms with Crippen molar-refractivity contribution in [3.63, 3.8) is 0 Å². The first-order valence-corrected chi connectivity index (χ1v) is 5.99. The topological polar surface area (TPSA) is 95.0 Å². The first-order chi connectivity index (χ1) is 8.63. The third kappa shape index (κ3) is 2.38. The predicted octanol–water partition coefficient (Wildman–Crippen LogP) is 0.383. The van der Waals surface area contributed by atoms with Crippen molar-refractivity contribution >= 4 is 11.7 Å². The molecule has 0 amide bonds. The van der Waals surface area contributed by atoms with E-state index in [0.29, 0.717) is 30.9 Å². The van der Waals surface area contributed by atoms with Crippen molar-refractivity contribution in [2.75, 3.05) is 18.0 Å². The molecule has 4 N–H and O–H groups in total. The van der Waals surface area contributed by atoms with Gasteiger partial charge in [-0.15, -0.1) is 0 Å². The Balaban J connectivity index is 2.28. The molecule has 0 aromatic carbocycles. The van der Waals surface area contributed by atoms with E-state index in [2.05, 4.69) is 15.0 Å². The van der Waals surface area contributed by atoms with E-state index in [4.69, 9.17) is 10.9 Å². The van der Waals surface area contributed by atoms with Crippen molar-refractivity contribution in [2.45, 2.75) is 19.4 Å². The minimum absolute atomic E-state index is 0.0527. The van der Waals surface area contributed by atoms with Crippen LogP contribution in [0.4, 0.5) is 5.82 Å². The molecular formula is C12H18N4O2. The summed E-state index contributed by atoms with van der Waals surface area (Å²) in [6.07, 6.45) is 2.12. The van der Waals surface area contributed by atoms with Gasteiger partial charge in [0.05, 0.1) is 11.7 Å². The number of nitrogens with two attached hydrogens (primary N) is 1. The Morgan fingerprint density at radius 3 is 3.06 bits per heavy atom. The van der Waals surface area contributed by atoms with E-state index in [1.54, 1.807) is 18.3 Å². The zero-order valence-electron chi connectivity index (χ0n) is 10.3. The zero-order chi connectivity index (χ0) is 13.1. The number of hydrogen-bond donors (Lipinski definition) is 3. The Bertz CT molecular complexity index is 449. The van der Waals surface area contributed by atoms with E-state index in [1.165, 1.54) is 0 Å². The monoisotopic (exact) mass is 250 g/mol.